The maximum Gasteiger partial charge on any atom is 0.220 e. The van der Waals surface area contributed by atoms with E-state index in [9.17, 15) is 9.59 Å². The molecule has 3 nitrogen and oxygen atoms in total. The molecule has 1 spiro atoms. The predicted molar refractivity (Wildman–Crippen MR) is 48.1 cm³/mol. The van der Waals surface area contributed by atoms with Gasteiger partial charge in [0.25, 0.3) is 0 Å². The van der Waals surface area contributed by atoms with E-state index in [1.165, 1.54) is 0 Å². The normalized spacial score (nSPS) is 39.1. The second-order valence-electron chi connectivity index (χ2n) is 4.30. The summed E-state index contributed by atoms with van der Waals surface area (Å²) in [4.78, 5) is 21.6. The standard InChI is InChI=1S/C10H15NO2/c12-7-8-1-4-10(5-2-8)6-3-9(13)11-10/h7-8H,1-6H2,(H,11,13). The SMILES string of the molecule is O=CC1CCC2(CCC(=O)N2)CC1. The molecule has 2 aliphatic rings. The number of aldehydes is 1. The van der Waals surface area contributed by atoms with Crippen LogP contribution in [0.2, 0.25) is 0 Å². The van der Waals surface area contributed by atoms with Gasteiger partial charge in [-0.05, 0) is 32.1 Å². The molecule has 1 N–H and O–H groups in total. The molecule has 72 valence electrons. The summed E-state index contributed by atoms with van der Waals surface area (Å²) in [6.45, 7) is 0. The molecular weight excluding hydrogens is 166 g/mol. The van der Waals surface area contributed by atoms with E-state index >= 15 is 0 Å². The van der Waals surface area contributed by atoms with Gasteiger partial charge in [0, 0.05) is 17.9 Å². The molecule has 0 aromatic heterocycles. The number of hydrogen-bond acceptors (Lipinski definition) is 2. The molecule has 0 aromatic rings. The zero-order valence-electron chi connectivity index (χ0n) is 7.71. The van der Waals surface area contributed by atoms with E-state index < -0.39 is 0 Å². The van der Waals surface area contributed by atoms with Crippen LogP contribution in [0.4, 0.5) is 0 Å². The molecule has 1 heterocycles. The number of rotatable bonds is 1. The third kappa shape index (κ3) is 1.60. The van der Waals surface area contributed by atoms with Crippen molar-refractivity contribution in [3.8, 4) is 0 Å². The highest BCUT2D eigenvalue weighted by atomic mass is 16.2. The highest BCUT2D eigenvalue weighted by Gasteiger charge is 2.40. The predicted octanol–water partition coefficient (Wildman–Crippen LogP) is 1.02. The molecule has 1 aliphatic carbocycles. The molecule has 0 aromatic carbocycles. The third-order valence-electron chi connectivity index (χ3n) is 3.42. The highest BCUT2D eigenvalue weighted by molar-refractivity contribution is 5.79. The van der Waals surface area contributed by atoms with E-state index in [1.54, 1.807) is 0 Å². The first-order valence-electron chi connectivity index (χ1n) is 5.00. The Kier molecular flexibility index (Phi) is 2.10. The van der Waals surface area contributed by atoms with Crippen LogP contribution in [0.3, 0.4) is 0 Å². The van der Waals surface area contributed by atoms with E-state index in [2.05, 4.69) is 5.32 Å². The van der Waals surface area contributed by atoms with Crippen molar-refractivity contribution < 1.29 is 9.59 Å². The molecule has 0 atom stereocenters. The minimum Gasteiger partial charge on any atom is -0.351 e. The Morgan fingerprint density at radius 1 is 1.31 bits per heavy atom. The van der Waals surface area contributed by atoms with E-state index in [0.717, 1.165) is 38.4 Å². The van der Waals surface area contributed by atoms with Gasteiger partial charge in [0.05, 0.1) is 0 Å². The number of carbonyl (C=O) groups is 2. The first-order valence-corrected chi connectivity index (χ1v) is 5.00. The van der Waals surface area contributed by atoms with Crippen LogP contribution in [0.15, 0.2) is 0 Å². The molecule has 1 saturated heterocycles. The lowest BCUT2D eigenvalue weighted by atomic mass is 9.76. The molecule has 13 heavy (non-hydrogen) atoms. The van der Waals surface area contributed by atoms with Gasteiger partial charge in [-0.1, -0.05) is 0 Å². The Morgan fingerprint density at radius 3 is 2.46 bits per heavy atom. The van der Waals surface area contributed by atoms with E-state index in [-0.39, 0.29) is 17.4 Å². The summed E-state index contributed by atoms with van der Waals surface area (Å²) in [7, 11) is 0. The van der Waals surface area contributed by atoms with E-state index in [1.807, 2.05) is 0 Å². The highest BCUT2D eigenvalue weighted by Crippen LogP contribution is 2.37. The fraction of sp³-hybridized carbons (Fsp3) is 0.800. The summed E-state index contributed by atoms with van der Waals surface area (Å²) >= 11 is 0. The van der Waals surface area contributed by atoms with Gasteiger partial charge in [-0.3, -0.25) is 4.79 Å². The Morgan fingerprint density at radius 2 is 2.00 bits per heavy atom. The molecule has 0 radical (unpaired) electrons. The van der Waals surface area contributed by atoms with Crippen LogP contribution in [0.25, 0.3) is 0 Å². The second kappa shape index (κ2) is 3.13. The van der Waals surface area contributed by atoms with Crippen molar-refractivity contribution in [2.45, 2.75) is 44.1 Å². The first-order chi connectivity index (χ1) is 6.24. The Hall–Kier alpha value is -0.860. The third-order valence-corrected chi connectivity index (χ3v) is 3.42. The van der Waals surface area contributed by atoms with Gasteiger partial charge in [-0.25, -0.2) is 0 Å². The topological polar surface area (TPSA) is 46.2 Å². The van der Waals surface area contributed by atoms with E-state index in [4.69, 9.17) is 0 Å². The fourth-order valence-electron chi connectivity index (χ4n) is 2.48. The molecule has 1 saturated carbocycles. The average Bonchev–Trinajstić information content (AvgIpc) is 2.49. The average molecular weight is 181 g/mol. The number of nitrogens with one attached hydrogen (secondary N) is 1. The minimum absolute atomic E-state index is 0.0661. The molecule has 1 amide bonds. The molecule has 3 heteroatoms. The maximum atomic E-state index is 11.1. The zero-order valence-corrected chi connectivity index (χ0v) is 7.71. The second-order valence-corrected chi connectivity index (χ2v) is 4.30. The van der Waals surface area contributed by atoms with Gasteiger partial charge < -0.3 is 10.1 Å². The van der Waals surface area contributed by atoms with Crippen molar-refractivity contribution in [2.75, 3.05) is 0 Å². The summed E-state index contributed by atoms with van der Waals surface area (Å²) in [6, 6.07) is 0. The Labute approximate surface area is 77.9 Å². The van der Waals surface area contributed by atoms with Crippen LogP contribution in [0.1, 0.15) is 38.5 Å². The molecular formula is C10H15NO2. The maximum absolute atomic E-state index is 11.1. The fourth-order valence-corrected chi connectivity index (χ4v) is 2.48. The monoisotopic (exact) mass is 181 g/mol. The minimum atomic E-state index is 0.0661. The molecule has 0 unspecified atom stereocenters. The van der Waals surface area contributed by atoms with Crippen LogP contribution < -0.4 is 5.32 Å². The lowest BCUT2D eigenvalue weighted by Gasteiger charge is -2.35. The van der Waals surface area contributed by atoms with Crippen molar-refractivity contribution in [2.24, 2.45) is 5.92 Å². The van der Waals surface area contributed by atoms with Crippen LogP contribution in [0, 0.1) is 5.92 Å². The first kappa shape index (κ1) is 8.73. The number of amides is 1. The lowest BCUT2D eigenvalue weighted by Crippen LogP contribution is -2.44. The van der Waals surface area contributed by atoms with E-state index in [0.29, 0.717) is 6.42 Å². The summed E-state index contributed by atoms with van der Waals surface area (Å²) < 4.78 is 0. The largest absolute Gasteiger partial charge is 0.351 e. The zero-order chi connectivity index (χ0) is 9.31. The summed E-state index contributed by atoms with van der Waals surface area (Å²) in [5.74, 6) is 0.424. The van der Waals surface area contributed by atoms with Gasteiger partial charge in [0.1, 0.15) is 6.29 Å². The van der Waals surface area contributed by atoms with Crippen molar-refractivity contribution in [3.63, 3.8) is 0 Å². The summed E-state index contributed by atoms with van der Waals surface area (Å²) in [5, 5.41) is 3.06. The summed E-state index contributed by atoms with van der Waals surface area (Å²) in [5.41, 5.74) is 0.0661. The van der Waals surface area contributed by atoms with Gasteiger partial charge in [0.2, 0.25) is 5.91 Å². The number of hydrogen-bond donors (Lipinski definition) is 1. The van der Waals surface area contributed by atoms with Crippen LogP contribution >= 0.6 is 0 Å². The van der Waals surface area contributed by atoms with Crippen LogP contribution in [-0.4, -0.2) is 17.7 Å². The number of carbonyl (C=O) groups excluding carboxylic acids is 2. The van der Waals surface area contributed by atoms with Gasteiger partial charge >= 0.3 is 0 Å². The Bertz CT molecular complexity index is 229. The Balaban J connectivity index is 1.97. The molecule has 1 aliphatic heterocycles. The quantitative estimate of drug-likeness (QED) is 0.614. The lowest BCUT2D eigenvalue weighted by molar-refractivity contribution is -0.120. The van der Waals surface area contributed by atoms with Crippen molar-refractivity contribution in [1.82, 2.24) is 5.32 Å². The smallest absolute Gasteiger partial charge is 0.220 e. The van der Waals surface area contributed by atoms with Gasteiger partial charge in [-0.2, -0.15) is 0 Å². The van der Waals surface area contributed by atoms with Crippen molar-refractivity contribution in [3.05, 3.63) is 0 Å². The molecule has 2 fully saturated rings. The molecule has 2 rings (SSSR count). The summed E-state index contributed by atoms with van der Waals surface area (Å²) in [6.07, 6.45) is 6.57. The van der Waals surface area contributed by atoms with Gasteiger partial charge in [0.15, 0.2) is 0 Å². The molecule has 0 bridgehead atoms. The van der Waals surface area contributed by atoms with Crippen LogP contribution in [0.5, 0.6) is 0 Å². The van der Waals surface area contributed by atoms with Crippen molar-refractivity contribution in [1.29, 1.82) is 0 Å². The van der Waals surface area contributed by atoms with Crippen LogP contribution in [-0.2, 0) is 9.59 Å². The van der Waals surface area contributed by atoms with Gasteiger partial charge in [-0.15, -0.1) is 0 Å². The van der Waals surface area contributed by atoms with Crippen molar-refractivity contribution >= 4 is 12.2 Å².